The quantitative estimate of drug-likeness (QED) is 0.271. The van der Waals surface area contributed by atoms with Crippen LogP contribution in [0.3, 0.4) is 0 Å². The number of fused-ring (bicyclic) bond motifs is 6. The van der Waals surface area contributed by atoms with E-state index in [0.717, 1.165) is 0 Å². The Kier molecular flexibility index (Phi) is 4.49. The monoisotopic (exact) mass is 462 g/mol. The fourth-order valence-electron chi connectivity index (χ4n) is 4.75. The van der Waals surface area contributed by atoms with Gasteiger partial charge in [-0.3, -0.25) is 0 Å². The summed E-state index contributed by atoms with van der Waals surface area (Å²) in [6.07, 6.45) is 0. The summed E-state index contributed by atoms with van der Waals surface area (Å²) in [5, 5.41) is 0. The second kappa shape index (κ2) is 7.35. The second-order valence-electron chi connectivity index (χ2n) is 8.63. The van der Waals surface area contributed by atoms with Gasteiger partial charge in [-0.05, 0) is 36.1 Å². The normalized spacial score (nSPS) is 13.2. The highest BCUT2D eigenvalue weighted by Crippen LogP contribution is 2.46. The van der Waals surface area contributed by atoms with Crippen molar-refractivity contribution in [1.82, 2.24) is 0 Å². The fourth-order valence-corrected chi connectivity index (χ4v) is 4.75. The highest BCUT2D eigenvalue weighted by Gasteiger charge is 2.29. The molecule has 0 saturated heterocycles. The molecular weight excluding hydrogens is 444 g/mol. The predicted octanol–water partition coefficient (Wildman–Crippen LogP) is 7.65. The van der Waals surface area contributed by atoms with Crippen LogP contribution < -0.4 is 9.47 Å². The highest BCUT2D eigenvalue weighted by atomic mass is 19.1. The standard InChI is InChI=1S/C28H18F4O2/c1-13-3-5-19-15-7-9-17(25(31)21(15)11-33-27(19)23(13)29)18-10-8-16-20-6-4-14(2)24(30)28(20)34-12-22(16)26(18)32/h3-10H,11-12H2,1-2H3. The van der Waals surface area contributed by atoms with Crippen molar-refractivity contribution in [1.29, 1.82) is 0 Å². The SMILES string of the molecule is Cc1ccc2c(c1F)OCc1c-2ccc(-c2ccc3c(c2F)COc2c-3ccc(C)c2F)c1F. The molecular formula is C28H18F4O2. The Balaban J connectivity index is 1.48. The van der Waals surface area contributed by atoms with Crippen molar-refractivity contribution in [3.8, 4) is 44.9 Å². The zero-order chi connectivity index (χ0) is 23.7. The molecule has 4 aromatic rings. The van der Waals surface area contributed by atoms with E-state index in [-0.39, 0.29) is 47.0 Å². The van der Waals surface area contributed by atoms with Gasteiger partial charge in [0.05, 0.1) is 0 Å². The van der Waals surface area contributed by atoms with E-state index in [2.05, 4.69) is 0 Å². The number of hydrogen-bond acceptors (Lipinski definition) is 2. The van der Waals surface area contributed by atoms with Gasteiger partial charge >= 0.3 is 0 Å². The summed E-state index contributed by atoms with van der Waals surface area (Å²) in [5.41, 5.74) is 3.45. The number of rotatable bonds is 1. The lowest BCUT2D eigenvalue weighted by Gasteiger charge is -2.25. The van der Waals surface area contributed by atoms with Gasteiger partial charge < -0.3 is 9.47 Å². The topological polar surface area (TPSA) is 18.5 Å². The molecule has 0 aliphatic carbocycles. The van der Waals surface area contributed by atoms with E-state index >= 15 is 8.78 Å². The first-order valence-corrected chi connectivity index (χ1v) is 10.8. The van der Waals surface area contributed by atoms with E-state index in [4.69, 9.17) is 9.47 Å². The van der Waals surface area contributed by atoms with E-state index < -0.39 is 23.3 Å². The Morgan fingerprint density at radius 2 is 0.824 bits per heavy atom. The van der Waals surface area contributed by atoms with E-state index in [1.54, 1.807) is 50.2 Å². The Morgan fingerprint density at radius 3 is 1.24 bits per heavy atom. The molecule has 0 fully saturated rings. The van der Waals surface area contributed by atoms with Gasteiger partial charge in [0.15, 0.2) is 23.1 Å². The van der Waals surface area contributed by atoms with Gasteiger partial charge in [-0.25, -0.2) is 17.6 Å². The molecule has 0 spiro atoms. The molecule has 2 heterocycles. The summed E-state index contributed by atoms with van der Waals surface area (Å²) in [6, 6.07) is 12.9. The van der Waals surface area contributed by atoms with E-state index in [1.165, 1.54) is 12.1 Å². The lowest BCUT2D eigenvalue weighted by Crippen LogP contribution is -2.12. The molecule has 0 radical (unpaired) electrons. The van der Waals surface area contributed by atoms with Crippen LogP contribution in [0.15, 0.2) is 48.5 Å². The van der Waals surface area contributed by atoms with E-state index in [0.29, 0.717) is 33.4 Å². The minimum absolute atomic E-state index is 0.0690. The largest absolute Gasteiger partial charge is 0.485 e. The predicted molar refractivity (Wildman–Crippen MR) is 121 cm³/mol. The molecule has 34 heavy (non-hydrogen) atoms. The Bertz CT molecular complexity index is 1410. The van der Waals surface area contributed by atoms with Gasteiger partial charge in [-0.1, -0.05) is 48.5 Å². The van der Waals surface area contributed by atoms with Crippen LogP contribution in [0.2, 0.25) is 0 Å². The third kappa shape index (κ3) is 2.81. The van der Waals surface area contributed by atoms with Crippen molar-refractivity contribution >= 4 is 0 Å². The van der Waals surface area contributed by atoms with Crippen LogP contribution in [-0.4, -0.2) is 0 Å². The van der Waals surface area contributed by atoms with Crippen LogP contribution >= 0.6 is 0 Å². The highest BCUT2D eigenvalue weighted by molar-refractivity contribution is 5.82. The summed E-state index contributed by atoms with van der Waals surface area (Å²) in [6.45, 7) is 2.94. The molecule has 0 amide bonds. The van der Waals surface area contributed by atoms with Crippen molar-refractivity contribution < 1.29 is 27.0 Å². The fraction of sp³-hybridized carbons (Fsp3) is 0.143. The smallest absolute Gasteiger partial charge is 0.168 e. The maximum Gasteiger partial charge on any atom is 0.168 e. The van der Waals surface area contributed by atoms with Gasteiger partial charge in [0.1, 0.15) is 24.8 Å². The van der Waals surface area contributed by atoms with Crippen LogP contribution in [-0.2, 0) is 13.2 Å². The number of hydrogen-bond donors (Lipinski definition) is 0. The zero-order valence-electron chi connectivity index (χ0n) is 18.4. The third-order valence-electron chi connectivity index (χ3n) is 6.66. The van der Waals surface area contributed by atoms with Crippen LogP contribution in [0.1, 0.15) is 22.3 Å². The molecule has 0 unspecified atom stereocenters. The lowest BCUT2D eigenvalue weighted by atomic mass is 9.89. The van der Waals surface area contributed by atoms with Gasteiger partial charge in [-0.2, -0.15) is 0 Å². The van der Waals surface area contributed by atoms with Gasteiger partial charge in [0, 0.05) is 33.4 Å². The van der Waals surface area contributed by atoms with Crippen LogP contribution in [0.25, 0.3) is 33.4 Å². The first-order valence-electron chi connectivity index (χ1n) is 10.8. The van der Waals surface area contributed by atoms with Crippen molar-refractivity contribution in [2.24, 2.45) is 0 Å². The minimum Gasteiger partial charge on any atom is -0.485 e. The molecule has 2 aliphatic heterocycles. The molecule has 0 aromatic heterocycles. The summed E-state index contributed by atoms with van der Waals surface area (Å²) in [4.78, 5) is 0. The second-order valence-corrected chi connectivity index (χ2v) is 8.63. The van der Waals surface area contributed by atoms with Crippen molar-refractivity contribution in [3.63, 3.8) is 0 Å². The number of benzene rings is 4. The maximum absolute atomic E-state index is 15.6. The number of halogens is 4. The average Bonchev–Trinajstić information content (AvgIpc) is 2.84. The average molecular weight is 462 g/mol. The van der Waals surface area contributed by atoms with E-state index in [9.17, 15) is 8.78 Å². The summed E-state index contributed by atoms with van der Waals surface area (Å²) >= 11 is 0. The molecule has 0 bridgehead atoms. The lowest BCUT2D eigenvalue weighted by molar-refractivity contribution is 0.279. The molecule has 0 N–H and O–H groups in total. The van der Waals surface area contributed by atoms with Crippen LogP contribution in [0.5, 0.6) is 11.5 Å². The molecule has 0 atom stereocenters. The summed E-state index contributed by atoms with van der Waals surface area (Å²) in [5.74, 6) is -2.00. The Morgan fingerprint density at radius 1 is 0.471 bits per heavy atom. The summed E-state index contributed by atoms with van der Waals surface area (Å²) < 4.78 is 71.3. The van der Waals surface area contributed by atoms with Gasteiger partial charge in [0.2, 0.25) is 0 Å². The molecule has 2 aliphatic rings. The van der Waals surface area contributed by atoms with Crippen molar-refractivity contribution in [2.75, 3.05) is 0 Å². The van der Waals surface area contributed by atoms with Gasteiger partial charge in [0.25, 0.3) is 0 Å². The molecule has 6 heteroatoms. The Hall–Kier alpha value is -3.80. The maximum atomic E-state index is 15.6. The number of ether oxygens (including phenoxy) is 2. The molecule has 2 nitrogen and oxygen atoms in total. The number of aryl methyl sites for hydroxylation is 2. The zero-order valence-corrected chi connectivity index (χ0v) is 18.4. The summed E-state index contributed by atoms with van der Waals surface area (Å²) in [7, 11) is 0. The van der Waals surface area contributed by atoms with Crippen molar-refractivity contribution in [3.05, 3.63) is 94.1 Å². The first-order chi connectivity index (χ1) is 16.4. The Labute approximate surface area is 193 Å². The van der Waals surface area contributed by atoms with Crippen molar-refractivity contribution in [2.45, 2.75) is 27.1 Å². The van der Waals surface area contributed by atoms with Crippen LogP contribution in [0, 0.1) is 37.1 Å². The molecule has 6 rings (SSSR count). The molecule has 0 saturated carbocycles. The third-order valence-corrected chi connectivity index (χ3v) is 6.66. The van der Waals surface area contributed by atoms with Crippen LogP contribution in [0.4, 0.5) is 17.6 Å². The van der Waals surface area contributed by atoms with Gasteiger partial charge in [-0.15, -0.1) is 0 Å². The molecule has 4 aromatic carbocycles. The minimum atomic E-state index is -0.623. The first kappa shape index (κ1) is 20.8. The van der Waals surface area contributed by atoms with E-state index in [1.807, 2.05) is 0 Å². The molecule has 170 valence electrons.